The summed E-state index contributed by atoms with van der Waals surface area (Å²) in [5.74, 6) is -3.21. The molecule has 4 unspecified atom stereocenters. The topological polar surface area (TPSA) is 191 Å². The van der Waals surface area contributed by atoms with Gasteiger partial charge in [0.2, 0.25) is 17.7 Å². The van der Waals surface area contributed by atoms with Crippen molar-refractivity contribution >= 4 is 36.3 Å². The summed E-state index contributed by atoms with van der Waals surface area (Å²) in [5.41, 5.74) is 6.14. The van der Waals surface area contributed by atoms with Crippen LogP contribution in [0.5, 0.6) is 0 Å². The number of H-pyrrole nitrogens is 1. The van der Waals surface area contributed by atoms with Gasteiger partial charge < -0.3 is 36.5 Å². The third-order valence-electron chi connectivity index (χ3n) is 4.76. The summed E-state index contributed by atoms with van der Waals surface area (Å²) in [6, 6.07) is -4.31. The fourth-order valence-electron chi connectivity index (χ4n) is 3.15. The van der Waals surface area contributed by atoms with Crippen LogP contribution in [0.2, 0.25) is 0 Å². The Hall–Kier alpha value is -2.64. The highest BCUT2D eigenvalue weighted by Crippen LogP contribution is 2.18. The second-order valence-corrected chi connectivity index (χ2v) is 7.27. The van der Waals surface area contributed by atoms with Crippen LogP contribution >= 0.6 is 12.6 Å². The molecule has 12 nitrogen and oxygen atoms in total. The maximum Gasteiger partial charge on any atom is 0.327 e. The number of hydrogen-bond donors (Lipinski definition) is 7. The molecule has 166 valence electrons. The van der Waals surface area contributed by atoms with Gasteiger partial charge >= 0.3 is 5.97 Å². The Labute approximate surface area is 178 Å². The molecule has 0 saturated carbocycles. The van der Waals surface area contributed by atoms with Crippen LogP contribution in [-0.4, -0.2) is 91.8 Å². The summed E-state index contributed by atoms with van der Waals surface area (Å²) in [7, 11) is 0. The number of hydrogen-bond acceptors (Lipinski definition) is 8. The third kappa shape index (κ3) is 5.93. The zero-order valence-corrected chi connectivity index (χ0v) is 17.0. The minimum absolute atomic E-state index is 0.0350. The number of nitrogens with one attached hydrogen (secondary N) is 3. The first-order valence-electron chi connectivity index (χ1n) is 9.37. The number of aliphatic hydroxyl groups is 1. The quantitative estimate of drug-likeness (QED) is 0.190. The number of carboxylic acid groups (broad SMARTS) is 1. The van der Waals surface area contributed by atoms with Gasteiger partial charge in [-0.1, -0.05) is 0 Å². The van der Waals surface area contributed by atoms with Gasteiger partial charge in [0, 0.05) is 30.6 Å². The van der Waals surface area contributed by atoms with Crippen LogP contribution in [0.15, 0.2) is 12.5 Å². The number of carbonyl (C=O) groups excluding carboxylic acids is 3. The summed E-state index contributed by atoms with van der Waals surface area (Å²) >= 11 is 3.92. The van der Waals surface area contributed by atoms with Crippen LogP contribution < -0.4 is 16.4 Å². The molecule has 1 fully saturated rings. The number of aromatic nitrogens is 2. The number of carbonyl (C=O) groups is 4. The zero-order valence-electron chi connectivity index (χ0n) is 16.2. The number of aliphatic carboxylic acids is 1. The first kappa shape index (κ1) is 23.6. The van der Waals surface area contributed by atoms with E-state index >= 15 is 0 Å². The predicted octanol–water partition coefficient (Wildman–Crippen LogP) is -2.75. The summed E-state index contributed by atoms with van der Waals surface area (Å²) in [4.78, 5) is 57.0. The molecule has 1 aliphatic rings. The van der Waals surface area contributed by atoms with Crippen LogP contribution in [0.4, 0.5) is 0 Å². The van der Waals surface area contributed by atoms with Crippen molar-refractivity contribution in [2.75, 3.05) is 18.9 Å². The number of nitrogens with two attached hydrogens (primary N) is 1. The number of aliphatic hydroxyl groups excluding tert-OH is 1. The lowest BCUT2D eigenvalue weighted by atomic mass is 10.1. The van der Waals surface area contributed by atoms with Gasteiger partial charge in [-0.2, -0.15) is 12.6 Å². The van der Waals surface area contributed by atoms with E-state index in [2.05, 4.69) is 33.2 Å². The van der Waals surface area contributed by atoms with E-state index in [1.54, 1.807) is 0 Å². The van der Waals surface area contributed by atoms with Crippen LogP contribution in [0.25, 0.3) is 0 Å². The van der Waals surface area contributed by atoms with Crippen molar-refractivity contribution in [2.24, 2.45) is 5.73 Å². The van der Waals surface area contributed by atoms with Crippen molar-refractivity contribution in [1.29, 1.82) is 0 Å². The largest absolute Gasteiger partial charge is 0.480 e. The van der Waals surface area contributed by atoms with E-state index in [0.29, 0.717) is 25.1 Å². The van der Waals surface area contributed by atoms with Crippen LogP contribution in [0, 0.1) is 0 Å². The lowest BCUT2D eigenvalue weighted by Gasteiger charge is -2.28. The molecule has 0 aromatic carbocycles. The number of likely N-dealkylation sites (tertiary alicyclic amines) is 1. The highest BCUT2D eigenvalue weighted by atomic mass is 32.1. The Kier molecular flexibility index (Phi) is 8.62. The molecule has 13 heteroatoms. The molecule has 30 heavy (non-hydrogen) atoms. The molecule has 4 atom stereocenters. The lowest BCUT2D eigenvalue weighted by molar-refractivity contribution is -0.142. The van der Waals surface area contributed by atoms with Crippen LogP contribution in [-0.2, 0) is 25.6 Å². The number of aromatic amines is 1. The van der Waals surface area contributed by atoms with Crippen molar-refractivity contribution in [3.05, 3.63) is 18.2 Å². The molecule has 0 radical (unpaired) electrons. The molecule has 2 heterocycles. The van der Waals surface area contributed by atoms with Gasteiger partial charge in [-0.25, -0.2) is 9.78 Å². The summed E-state index contributed by atoms with van der Waals surface area (Å²) in [6.07, 6.45) is 3.87. The molecule has 1 saturated heterocycles. The van der Waals surface area contributed by atoms with Crippen LogP contribution in [0.1, 0.15) is 18.5 Å². The van der Waals surface area contributed by atoms with Gasteiger partial charge in [0.05, 0.1) is 12.9 Å². The number of imidazole rings is 1. The maximum absolute atomic E-state index is 12.9. The molecule has 1 aliphatic heterocycles. The van der Waals surface area contributed by atoms with E-state index < -0.39 is 54.5 Å². The Morgan fingerprint density at radius 3 is 2.63 bits per heavy atom. The highest BCUT2D eigenvalue weighted by molar-refractivity contribution is 7.80. The first-order chi connectivity index (χ1) is 14.3. The summed E-state index contributed by atoms with van der Waals surface area (Å²) in [5, 5.41) is 23.2. The minimum atomic E-state index is -1.25. The van der Waals surface area contributed by atoms with E-state index in [1.807, 2.05) is 0 Å². The molecule has 2 rings (SSSR count). The summed E-state index contributed by atoms with van der Waals surface area (Å²) < 4.78 is 0. The molecule has 0 aliphatic carbocycles. The number of rotatable bonds is 10. The van der Waals surface area contributed by atoms with Crippen molar-refractivity contribution in [3.63, 3.8) is 0 Å². The molecule has 3 amide bonds. The number of amides is 3. The van der Waals surface area contributed by atoms with E-state index in [1.165, 1.54) is 17.4 Å². The van der Waals surface area contributed by atoms with Crippen molar-refractivity contribution in [1.82, 2.24) is 25.5 Å². The molecule has 7 N–H and O–H groups in total. The van der Waals surface area contributed by atoms with Gasteiger partial charge in [-0.3, -0.25) is 14.4 Å². The standard InChI is InChI=1S/C17H26N6O6S/c18-10(6-24)16(27)23-3-1-2-13(23)15(26)21-11(4-9-5-19-8-20-9)14(25)22-12(7-30)17(28)29/h5,8,10-13,24,30H,1-4,6-7,18H2,(H,19,20)(H,21,26)(H,22,25)(H,28,29). The molecule has 0 spiro atoms. The molecular formula is C17H26N6O6S. The lowest BCUT2D eigenvalue weighted by Crippen LogP contribution is -2.57. The van der Waals surface area contributed by atoms with Gasteiger partial charge in [-0.15, -0.1) is 0 Å². The Morgan fingerprint density at radius 2 is 2.07 bits per heavy atom. The fourth-order valence-corrected chi connectivity index (χ4v) is 3.39. The van der Waals surface area contributed by atoms with Gasteiger partial charge in [-0.05, 0) is 12.8 Å². The second-order valence-electron chi connectivity index (χ2n) is 6.90. The average molecular weight is 442 g/mol. The molecular weight excluding hydrogens is 416 g/mol. The van der Waals surface area contributed by atoms with E-state index in [4.69, 9.17) is 15.9 Å². The zero-order chi connectivity index (χ0) is 22.3. The van der Waals surface area contributed by atoms with Gasteiger partial charge in [0.1, 0.15) is 24.2 Å². The van der Waals surface area contributed by atoms with Gasteiger partial charge in [0.15, 0.2) is 0 Å². The fraction of sp³-hybridized carbons (Fsp3) is 0.588. The molecule has 1 aromatic rings. The number of thiol groups is 1. The predicted molar refractivity (Wildman–Crippen MR) is 107 cm³/mol. The summed E-state index contributed by atoms with van der Waals surface area (Å²) in [6.45, 7) is -0.238. The Bertz CT molecular complexity index is 760. The van der Waals surface area contributed by atoms with E-state index in [0.717, 1.165) is 0 Å². The first-order valence-corrected chi connectivity index (χ1v) is 10.00. The number of nitrogens with zero attached hydrogens (tertiary/aromatic N) is 2. The SMILES string of the molecule is NC(CO)C(=O)N1CCCC1C(=O)NC(Cc1cnc[nH]1)C(=O)NC(CS)C(=O)O. The van der Waals surface area contributed by atoms with Crippen LogP contribution in [0.3, 0.4) is 0 Å². The molecule has 0 bridgehead atoms. The average Bonchev–Trinajstić information content (AvgIpc) is 3.41. The van der Waals surface area contributed by atoms with Crippen molar-refractivity contribution in [3.8, 4) is 0 Å². The molecule has 1 aromatic heterocycles. The van der Waals surface area contributed by atoms with Gasteiger partial charge in [0.25, 0.3) is 0 Å². The highest BCUT2D eigenvalue weighted by Gasteiger charge is 2.37. The van der Waals surface area contributed by atoms with Crippen molar-refractivity contribution in [2.45, 2.75) is 43.4 Å². The minimum Gasteiger partial charge on any atom is -0.480 e. The second kappa shape index (κ2) is 10.9. The van der Waals surface area contributed by atoms with E-state index in [9.17, 15) is 19.2 Å². The Balaban J connectivity index is 2.14. The third-order valence-corrected chi connectivity index (χ3v) is 5.13. The normalized spacial score (nSPS) is 19.0. The van der Waals surface area contributed by atoms with Crippen molar-refractivity contribution < 1.29 is 29.4 Å². The maximum atomic E-state index is 12.9. The smallest absolute Gasteiger partial charge is 0.327 e. The Morgan fingerprint density at radius 1 is 1.33 bits per heavy atom. The van der Waals surface area contributed by atoms with E-state index in [-0.39, 0.29) is 12.2 Å². The monoisotopic (exact) mass is 442 g/mol. The number of carboxylic acids is 1.